The predicted octanol–water partition coefficient (Wildman–Crippen LogP) is 3.03. The van der Waals surface area contributed by atoms with Crippen LogP contribution in [0.15, 0.2) is 12.2 Å². The summed E-state index contributed by atoms with van der Waals surface area (Å²) >= 11 is 0. The SMILES string of the molecule is C.C.C=C(C)C.CN(C)C. The average molecular weight is 147 g/mol. The molecule has 0 aromatic heterocycles. The van der Waals surface area contributed by atoms with Crippen molar-refractivity contribution in [1.82, 2.24) is 4.90 Å². The summed E-state index contributed by atoms with van der Waals surface area (Å²) in [5.74, 6) is 0. The monoisotopic (exact) mass is 147 g/mol. The van der Waals surface area contributed by atoms with Crippen molar-refractivity contribution < 1.29 is 0 Å². The quantitative estimate of drug-likeness (QED) is 0.476. The molecule has 0 N–H and O–H groups in total. The first-order valence-electron chi connectivity index (χ1n) is 2.70. The number of hydrogen-bond donors (Lipinski definition) is 0. The third kappa shape index (κ3) is 3840. The lowest BCUT2D eigenvalue weighted by Crippen LogP contribution is -1.99. The van der Waals surface area contributed by atoms with Gasteiger partial charge in [-0.2, -0.15) is 0 Å². The van der Waals surface area contributed by atoms with E-state index in [2.05, 4.69) is 6.58 Å². The molecule has 0 aliphatic rings. The van der Waals surface area contributed by atoms with Crippen molar-refractivity contribution >= 4 is 0 Å². The van der Waals surface area contributed by atoms with Gasteiger partial charge in [-0.3, -0.25) is 0 Å². The van der Waals surface area contributed by atoms with E-state index in [1.54, 1.807) is 0 Å². The second-order valence-corrected chi connectivity index (χ2v) is 2.55. The van der Waals surface area contributed by atoms with E-state index in [1.165, 1.54) is 5.57 Å². The lowest BCUT2D eigenvalue weighted by molar-refractivity contribution is 0.505. The molecule has 0 heterocycles. The van der Waals surface area contributed by atoms with Crippen LogP contribution in [0, 0.1) is 0 Å². The largest absolute Gasteiger partial charge is 0.312 e. The molecule has 0 aromatic carbocycles. The molecule has 0 bridgehead atoms. The molecule has 0 aliphatic carbocycles. The average Bonchev–Trinajstić information content (AvgIpc) is 1.25. The first kappa shape index (κ1) is 22.6. The number of allylic oxidation sites excluding steroid dienone is 1. The van der Waals surface area contributed by atoms with Gasteiger partial charge in [-0.05, 0) is 35.0 Å². The van der Waals surface area contributed by atoms with Crippen molar-refractivity contribution in [2.75, 3.05) is 21.1 Å². The summed E-state index contributed by atoms with van der Waals surface area (Å²) in [6.45, 7) is 7.50. The fraction of sp³-hybridized carbons (Fsp3) is 0.778. The molecule has 0 atom stereocenters. The molecule has 0 radical (unpaired) electrons. The Morgan fingerprint density at radius 1 is 1.00 bits per heavy atom. The summed E-state index contributed by atoms with van der Waals surface area (Å²) < 4.78 is 0. The maximum Gasteiger partial charge on any atom is -0.0140 e. The van der Waals surface area contributed by atoms with E-state index >= 15 is 0 Å². The zero-order valence-electron chi connectivity index (χ0n) is 6.65. The van der Waals surface area contributed by atoms with Gasteiger partial charge in [0.1, 0.15) is 0 Å². The molecule has 1 nitrogen and oxygen atoms in total. The van der Waals surface area contributed by atoms with Gasteiger partial charge in [-0.1, -0.05) is 20.4 Å². The van der Waals surface area contributed by atoms with Crippen LogP contribution in [0.25, 0.3) is 0 Å². The number of hydrogen-bond acceptors (Lipinski definition) is 1. The van der Waals surface area contributed by atoms with Gasteiger partial charge < -0.3 is 4.90 Å². The molecule has 0 unspecified atom stereocenters. The van der Waals surface area contributed by atoms with Gasteiger partial charge in [0.2, 0.25) is 0 Å². The van der Waals surface area contributed by atoms with Crippen LogP contribution in [-0.4, -0.2) is 26.0 Å². The van der Waals surface area contributed by atoms with Crippen LogP contribution in [0.4, 0.5) is 0 Å². The highest BCUT2D eigenvalue weighted by Crippen LogP contribution is 1.73. The lowest BCUT2D eigenvalue weighted by Gasteiger charge is -1.90. The normalized spacial score (nSPS) is 6.20. The summed E-state index contributed by atoms with van der Waals surface area (Å²) in [6.07, 6.45) is 0. The summed E-state index contributed by atoms with van der Waals surface area (Å²) in [7, 11) is 6.00. The topological polar surface area (TPSA) is 3.24 Å². The van der Waals surface area contributed by atoms with E-state index in [-0.39, 0.29) is 14.9 Å². The van der Waals surface area contributed by atoms with Crippen LogP contribution >= 0.6 is 0 Å². The van der Waals surface area contributed by atoms with E-state index in [0.717, 1.165) is 0 Å². The lowest BCUT2D eigenvalue weighted by atomic mass is 10.4. The second kappa shape index (κ2) is 15.9. The Bertz CT molecular complexity index is 49.0. The molecule has 0 aromatic rings. The molecule has 0 spiro atoms. The highest BCUT2D eigenvalue weighted by Gasteiger charge is 1.58. The Labute approximate surface area is 67.7 Å². The first-order valence-corrected chi connectivity index (χ1v) is 2.70. The van der Waals surface area contributed by atoms with Crippen molar-refractivity contribution in [2.45, 2.75) is 28.7 Å². The fourth-order valence-corrected chi connectivity index (χ4v) is 0. The minimum absolute atomic E-state index is 0. The van der Waals surface area contributed by atoms with Crippen molar-refractivity contribution in [3.05, 3.63) is 12.2 Å². The summed E-state index contributed by atoms with van der Waals surface area (Å²) in [4.78, 5) is 2.00. The van der Waals surface area contributed by atoms with Crippen LogP contribution in [-0.2, 0) is 0 Å². The highest BCUT2D eigenvalue weighted by molar-refractivity contribution is 4.78. The highest BCUT2D eigenvalue weighted by atomic mass is 15.0. The van der Waals surface area contributed by atoms with E-state index < -0.39 is 0 Å². The smallest absolute Gasteiger partial charge is 0.0140 e. The van der Waals surface area contributed by atoms with E-state index in [1.807, 2.05) is 39.9 Å². The van der Waals surface area contributed by atoms with Gasteiger partial charge in [-0.15, -0.1) is 6.58 Å². The molecular weight excluding hydrogens is 122 g/mol. The van der Waals surface area contributed by atoms with Crippen LogP contribution in [0.1, 0.15) is 28.7 Å². The van der Waals surface area contributed by atoms with Crippen molar-refractivity contribution in [3.8, 4) is 0 Å². The van der Waals surface area contributed by atoms with Gasteiger partial charge in [0, 0.05) is 0 Å². The molecule has 0 saturated heterocycles. The second-order valence-electron chi connectivity index (χ2n) is 2.55. The molecule has 0 saturated carbocycles. The Balaban J connectivity index is -0.0000000300. The Morgan fingerprint density at radius 2 is 1.00 bits per heavy atom. The van der Waals surface area contributed by atoms with Gasteiger partial charge in [0.05, 0.1) is 0 Å². The molecule has 0 amide bonds. The summed E-state index contributed by atoms with van der Waals surface area (Å²) in [5, 5.41) is 0. The molecule has 0 aliphatic heterocycles. The van der Waals surface area contributed by atoms with Crippen molar-refractivity contribution in [2.24, 2.45) is 0 Å². The molecular formula is C9H25N. The van der Waals surface area contributed by atoms with Gasteiger partial charge in [0.25, 0.3) is 0 Å². The first-order chi connectivity index (χ1) is 3.46. The van der Waals surface area contributed by atoms with Gasteiger partial charge >= 0.3 is 0 Å². The Kier molecular flexibility index (Phi) is 35.9. The van der Waals surface area contributed by atoms with Crippen LogP contribution < -0.4 is 0 Å². The molecule has 10 heavy (non-hydrogen) atoms. The molecule has 0 rings (SSSR count). The van der Waals surface area contributed by atoms with E-state index in [0.29, 0.717) is 0 Å². The minimum atomic E-state index is 0. The van der Waals surface area contributed by atoms with Gasteiger partial charge in [-0.25, -0.2) is 0 Å². The van der Waals surface area contributed by atoms with Crippen LogP contribution in [0.2, 0.25) is 0 Å². The number of rotatable bonds is 0. The maximum absolute atomic E-state index is 3.56. The van der Waals surface area contributed by atoms with Crippen molar-refractivity contribution in [1.29, 1.82) is 0 Å². The standard InChI is InChI=1S/C4H8.C3H9N.2CH4/c2*1-4(2)3;;/h1H2,2-3H3;1-3H3;2*1H4. The zero-order valence-corrected chi connectivity index (χ0v) is 6.65. The Morgan fingerprint density at radius 3 is 1.00 bits per heavy atom. The number of nitrogens with zero attached hydrogens (tertiary/aromatic N) is 1. The maximum atomic E-state index is 3.56. The predicted molar refractivity (Wildman–Crippen MR) is 53.6 cm³/mol. The molecule has 0 fully saturated rings. The third-order valence-corrected chi connectivity index (χ3v) is 0. The summed E-state index contributed by atoms with van der Waals surface area (Å²) in [5.41, 5.74) is 1.17. The van der Waals surface area contributed by atoms with Crippen molar-refractivity contribution in [3.63, 3.8) is 0 Å². The summed E-state index contributed by atoms with van der Waals surface area (Å²) in [6, 6.07) is 0. The van der Waals surface area contributed by atoms with Crippen LogP contribution in [0.3, 0.4) is 0 Å². The molecule has 1 heteroatoms. The zero-order chi connectivity index (χ0) is 7.15. The van der Waals surface area contributed by atoms with E-state index in [9.17, 15) is 0 Å². The van der Waals surface area contributed by atoms with Crippen LogP contribution in [0.5, 0.6) is 0 Å². The third-order valence-electron chi connectivity index (χ3n) is 0. The fourth-order valence-electron chi connectivity index (χ4n) is 0. The van der Waals surface area contributed by atoms with E-state index in [4.69, 9.17) is 0 Å². The molecule has 66 valence electrons. The minimum Gasteiger partial charge on any atom is -0.312 e. The Hall–Kier alpha value is -0.300. The van der Waals surface area contributed by atoms with Gasteiger partial charge in [0.15, 0.2) is 0 Å².